The molecule has 1 amide bonds. The van der Waals surface area contributed by atoms with Crippen molar-refractivity contribution >= 4 is 22.9 Å². The number of carbonyl (C=O) groups is 1. The number of amides is 1. The van der Waals surface area contributed by atoms with Crippen LogP contribution in [-0.2, 0) is 4.79 Å². The van der Waals surface area contributed by atoms with Crippen LogP contribution in [0.25, 0.3) is 11.0 Å². The van der Waals surface area contributed by atoms with Crippen LogP contribution in [0.5, 0.6) is 5.75 Å². The third-order valence-electron chi connectivity index (χ3n) is 5.95. The highest BCUT2D eigenvalue weighted by atomic mass is 19.3. The molecule has 0 atom stereocenters. The zero-order valence-electron chi connectivity index (χ0n) is 16.0. The number of benzene rings is 1. The van der Waals surface area contributed by atoms with E-state index in [9.17, 15) is 18.0 Å². The first kappa shape index (κ1) is 19.1. The van der Waals surface area contributed by atoms with Crippen molar-refractivity contribution in [3.05, 3.63) is 17.9 Å². The minimum Gasteiger partial charge on any atom is -0.432 e. The summed E-state index contributed by atoms with van der Waals surface area (Å²) in [6.07, 6.45) is 5.49. The fourth-order valence-corrected chi connectivity index (χ4v) is 3.98. The van der Waals surface area contributed by atoms with Crippen LogP contribution in [0.15, 0.2) is 12.1 Å². The normalized spacial score (nSPS) is 17.8. The van der Waals surface area contributed by atoms with Crippen LogP contribution >= 0.6 is 0 Å². The van der Waals surface area contributed by atoms with Gasteiger partial charge in [-0.3, -0.25) is 10.1 Å². The molecule has 152 valence electrons. The number of ether oxygens (including phenoxy) is 1. The van der Waals surface area contributed by atoms with E-state index in [1.54, 1.807) is 0 Å². The van der Waals surface area contributed by atoms with E-state index < -0.39 is 18.2 Å². The Hall–Kier alpha value is -2.25. The summed E-state index contributed by atoms with van der Waals surface area (Å²) >= 11 is 0. The van der Waals surface area contributed by atoms with Crippen LogP contribution < -0.4 is 10.1 Å². The number of nitrogens with zero attached hydrogens (tertiary/aromatic N) is 2. The van der Waals surface area contributed by atoms with E-state index in [0.717, 1.165) is 38.2 Å². The quantitative estimate of drug-likeness (QED) is 0.695. The van der Waals surface area contributed by atoms with Crippen LogP contribution in [0, 0.1) is 17.2 Å². The molecule has 8 heteroatoms. The summed E-state index contributed by atoms with van der Waals surface area (Å²) in [5.74, 6) is -0.663. The Morgan fingerprint density at radius 1 is 1.32 bits per heavy atom. The number of anilines is 1. The van der Waals surface area contributed by atoms with Gasteiger partial charge in [0.25, 0.3) is 0 Å². The van der Waals surface area contributed by atoms with Gasteiger partial charge in [0.2, 0.25) is 11.9 Å². The number of hydrogen-bond donors (Lipinski definition) is 1. The molecule has 2 aliphatic rings. The first-order chi connectivity index (χ1) is 13.2. The lowest BCUT2D eigenvalue weighted by atomic mass is 9.83. The van der Waals surface area contributed by atoms with Crippen LogP contribution in [0.3, 0.4) is 0 Å². The molecule has 4 rings (SSSR count). The van der Waals surface area contributed by atoms with Gasteiger partial charge < -0.3 is 9.30 Å². The van der Waals surface area contributed by atoms with Gasteiger partial charge in [-0.15, -0.1) is 0 Å². The van der Waals surface area contributed by atoms with E-state index in [-0.39, 0.29) is 17.4 Å². The molecule has 2 fully saturated rings. The monoisotopic (exact) mass is 395 g/mol. The average molecular weight is 395 g/mol. The van der Waals surface area contributed by atoms with Crippen molar-refractivity contribution in [2.24, 2.45) is 11.3 Å². The molecule has 0 aliphatic heterocycles. The number of carbonyl (C=O) groups excluding carboxylic acids is 1. The highest BCUT2D eigenvalue weighted by molar-refractivity contribution is 5.92. The summed E-state index contributed by atoms with van der Waals surface area (Å²) in [5, 5.41) is 2.87. The van der Waals surface area contributed by atoms with E-state index in [1.807, 2.05) is 4.57 Å². The summed E-state index contributed by atoms with van der Waals surface area (Å²) in [6.45, 7) is 1.06. The van der Waals surface area contributed by atoms with Gasteiger partial charge in [-0.05, 0) is 43.4 Å². The zero-order valence-corrected chi connectivity index (χ0v) is 16.0. The van der Waals surface area contributed by atoms with Crippen LogP contribution in [0.1, 0.15) is 58.4 Å². The number of imidazole rings is 1. The van der Waals surface area contributed by atoms with Crippen molar-refractivity contribution in [3.8, 4) is 5.75 Å². The summed E-state index contributed by atoms with van der Waals surface area (Å²) in [6, 6.07) is 2.42. The summed E-state index contributed by atoms with van der Waals surface area (Å²) in [5.41, 5.74) is 0.711. The minimum absolute atomic E-state index is 0.0816. The fourth-order valence-electron chi connectivity index (χ4n) is 3.98. The number of nitrogens with one attached hydrogen (secondary N) is 1. The fraction of sp³-hybridized carbons (Fsp3) is 0.600. The molecule has 5 nitrogen and oxygen atoms in total. The largest absolute Gasteiger partial charge is 0.432 e. The summed E-state index contributed by atoms with van der Waals surface area (Å²) < 4.78 is 45.4. The van der Waals surface area contributed by atoms with Crippen molar-refractivity contribution in [2.75, 3.05) is 5.32 Å². The molecule has 1 N–H and O–H groups in total. The van der Waals surface area contributed by atoms with Crippen LogP contribution in [-0.4, -0.2) is 22.1 Å². The Kier molecular flexibility index (Phi) is 4.75. The first-order valence-electron chi connectivity index (χ1n) is 9.71. The molecule has 1 heterocycles. The van der Waals surface area contributed by atoms with Gasteiger partial charge in [-0.2, -0.15) is 8.78 Å². The SMILES string of the molecule is CC(C)(CC(=O)Nc1nc2cc(F)c(OC(F)F)cc2n1C1CCC1)C1CC1. The number of alkyl halides is 2. The molecule has 2 saturated carbocycles. The van der Waals surface area contributed by atoms with Crippen molar-refractivity contribution in [1.29, 1.82) is 0 Å². The predicted octanol–water partition coefficient (Wildman–Crippen LogP) is 5.27. The maximum absolute atomic E-state index is 14.1. The van der Waals surface area contributed by atoms with E-state index in [4.69, 9.17) is 0 Å². The van der Waals surface area contributed by atoms with Crippen molar-refractivity contribution in [2.45, 2.75) is 65.0 Å². The molecule has 0 saturated heterocycles. The Bertz CT molecular complexity index is 902. The topological polar surface area (TPSA) is 56.1 Å². The molecule has 28 heavy (non-hydrogen) atoms. The lowest BCUT2D eigenvalue weighted by Crippen LogP contribution is -2.26. The van der Waals surface area contributed by atoms with Gasteiger partial charge in [0, 0.05) is 24.6 Å². The van der Waals surface area contributed by atoms with E-state index in [0.29, 0.717) is 29.3 Å². The van der Waals surface area contributed by atoms with Gasteiger partial charge in [0.05, 0.1) is 11.0 Å². The predicted molar refractivity (Wildman–Crippen MR) is 99.0 cm³/mol. The zero-order chi connectivity index (χ0) is 20.1. The molecule has 2 aliphatic carbocycles. The molecule has 0 spiro atoms. The number of halogens is 3. The second-order valence-corrected chi connectivity index (χ2v) is 8.53. The number of fused-ring (bicyclic) bond motifs is 1. The molecule has 0 unspecified atom stereocenters. The number of rotatable bonds is 7. The molecule has 1 aromatic carbocycles. The van der Waals surface area contributed by atoms with Gasteiger partial charge in [0.15, 0.2) is 11.6 Å². The third-order valence-corrected chi connectivity index (χ3v) is 5.95. The van der Waals surface area contributed by atoms with E-state index in [2.05, 4.69) is 28.9 Å². The average Bonchev–Trinajstić information content (AvgIpc) is 3.33. The van der Waals surface area contributed by atoms with Crippen LogP contribution in [0.2, 0.25) is 0 Å². The Morgan fingerprint density at radius 2 is 2.04 bits per heavy atom. The third kappa shape index (κ3) is 3.69. The van der Waals surface area contributed by atoms with Crippen molar-refractivity contribution < 1.29 is 22.7 Å². The maximum Gasteiger partial charge on any atom is 0.387 e. The minimum atomic E-state index is -3.11. The Labute approximate surface area is 161 Å². The smallest absolute Gasteiger partial charge is 0.387 e. The van der Waals surface area contributed by atoms with Crippen LogP contribution in [0.4, 0.5) is 19.1 Å². The highest BCUT2D eigenvalue weighted by Crippen LogP contribution is 2.47. The molecule has 0 bridgehead atoms. The number of hydrogen-bond acceptors (Lipinski definition) is 3. The second-order valence-electron chi connectivity index (χ2n) is 8.53. The van der Waals surface area contributed by atoms with Crippen molar-refractivity contribution in [3.63, 3.8) is 0 Å². The van der Waals surface area contributed by atoms with Gasteiger partial charge >= 0.3 is 6.61 Å². The number of aromatic nitrogens is 2. The standard InChI is InChI=1S/C20H24F3N3O2/c1-20(2,11-6-7-11)10-17(27)25-19-24-14-8-13(21)16(28-18(22)23)9-15(14)26(19)12-4-3-5-12/h8-9,11-12,18H,3-7,10H2,1-2H3,(H,24,25,27). The maximum atomic E-state index is 14.1. The van der Waals surface area contributed by atoms with E-state index >= 15 is 0 Å². The molecule has 1 aromatic heterocycles. The van der Waals surface area contributed by atoms with Crippen molar-refractivity contribution in [1.82, 2.24) is 9.55 Å². The molecular weight excluding hydrogens is 371 g/mol. The molecule has 2 aromatic rings. The lowest BCUT2D eigenvalue weighted by Gasteiger charge is -2.29. The highest BCUT2D eigenvalue weighted by Gasteiger charge is 2.39. The van der Waals surface area contributed by atoms with Gasteiger partial charge in [-0.25, -0.2) is 9.37 Å². The summed E-state index contributed by atoms with van der Waals surface area (Å²) in [7, 11) is 0. The summed E-state index contributed by atoms with van der Waals surface area (Å²) in [4.78, 5) is 17.0. The first-order valence-corrected chi connectivity index (χ1v) is 9.71. The lowest BCUT2D eigenvalue weighted by molar-refractivity contribution is -0.118. The van der Waals surface area contributed by atoms with Gasteiger partial charge in [0.1, 0.15) is 0 Å². The Balaban J connectivity index is 1.66. The Morgan fingerprint density at radius 3 is 2.61 bits per heavy atom. The van der Waals surface area contributed by atoms with E-state index in [1.165, 1.54) is 6.07 Å². The van der Waals surface area contributed by atoms with Gasteiger partial charge in [-0.1, -0.05) is 13.8 Å². The molecule has 0 radical (unpaired) electrons. The molecular formula is C20H24F3N3O2. The second kappa shape index (κ2) is 6.97.